The van der Waals surface area contributed by atoms with Crippen molar-refractivity contribution in [2.75, 3.05) is 14.2 Å². The Hall–Kier alpha value is -3.60. The van der Waals surface area contributed by atoms with Crippen molar-refractivity contribution in [2.45, 2.75) is 6.92 Å². The van der Waals surface area contributed by atoms with Crippen molar-refractivity contribution in [1.29, 1.82) is 0 Å². The lowest BCUT2D eigenvalue weighted by Crippen LogP contribution is -2.00. The highest BCUT2D eigenvalue weighted by Gasteiger charge is 2.19. The third kappa shape index (κ3) is 3.59. The van der Waals surface area contributed by atoms with Crippen LogP contribution in [0, 0.1) is 12.7 Å². The largest absolute Gasteiger partial charge is 0.497 e. The van der Waals surface area contributed by atoms with Crippen LogP contribution in [0.25, 0.3) is 28.2 Å². The second-order valence-electron chi connectivity index (χ2n) is 6.68. The highest BCUT2D eigenvalue weighted by molar-refractivity contribution is 5.76. The Bertz CT molecular complexity index is 1170. The predicted molar refractivity (Wildman–Crippen MR) is 112 cm³/mol. The molecule has 1 aromatic heterocycles. The summed E-state index contributed by atoms with van der Waals surface area (Å²) in [5.41, 5.74) is 5.20. The number of nitrogens with zero attached hydrogens (tertiary/aromatic N) is 2. The monoisotopic (exact) mass is 388 g/mol. The van der Waals surface area contributed by atoms with Crippen LogP contribution in [-0.2, 0) is 0 Å². The SMILES string of the molecule is COc1cccc(-c2nn(-c3cccc(F)c3)c(-c3cccc(OC)c3)c2C)c1. The molecule has 0 aliphatic carbocycles. The van der Waals surface area contributed by atoms with Crippen molar-refractivity contribution in [3.8, 4) is 39.7 Å². The van der Waals surface area contributed by atoms with Crippen molar-refractivity contribution >= 4 is 0 Å². The van der Waals surface area contributed by atoms with E-state index in [0.717, 1.165) is 39.6 Å². The van der Waals surface area contributed by atoms with Crippen LogP contribution in [0.2, 0.25) is 0 Å². The highest BCUT2D eigenvalue weighted by atomic mass is 19.1. The molecule has 4 rings (SSSR count). The molecule has 4 nitrogen and oxygen atoms in total. The fraction of sp³-hybridized carbons (Fsp3) is 0.125. The molecule has 0 bridgehead atoms. The van der Waals surface area contributed by atoms with Gasteiger partial charge in [-0.1, -0.05) is 30.3 Å². The van der Waals surface area contributed by atoms with Crippen molar-refractivity contribution < 1.29 is 13.9 Å². The molecule has 5 heteroatoms. The number of hydrogen-bond donors (Lipinski definition) is 0. The number of benzene rings is 3. The zero-order valence-corrected chi connectivity index (χ0v) is 16.5. The summed E-state index contributed by atoms with van der Waals surface area (Å²) in [5, 5.41) is 4.85. The van der Waals surface area contributed by atoms with Crippen LogP contribution >= 0.6 is 0 Å². The number of ether oxygens (including phenoxy) is 2. The number of hydrogen-bond acceptors (Lipinski definition) is 3. The van der Waals surface area contributed by atoms with Gasteiger partial charge in [-0.05, 0) is 49.4 Å². The van der Waals surface area contributed by atoms with E-state index in [1.165, 1.54) is 12.1 Å². The fourth-order valence-electron chi connectivity index (χ4n) is 3.44. The molecule has 0 aliphatic rings. The van der Waals surface area contributed by atoms with Gasteiger partial charge in [-0.15, -0.1) is 0 Å². The van der Waals surface area contributed by atoms with Crippen molar-refractivity contribution in [3.63, 3.8) is 0 Å². The number of rotatable bonds is 5. The predicted octanol–water partition coefficient (Wildman–Crippen LogP) is 5.67. The Morgan fingerprint density at radius 3 is 2.07 bits per heavy atom. The van der Waals surface area contributed by atoms with Crippen LogP contribution in [0.3, 0.4) is 0 Å². The summed E-state index contributed by atoms with van der Waals surface area (Å²) in [7, 11) is 3.27. The molecule has 0 amide bonds. The van der Waals surface area contributed by atoms with Crippen molar-refractivity contribution in [3.05, 3.63) is 84.2 Å². The van der Waals surface area contributed by atoms with Crippen molar-refractivity contribution in [2.24, 2.45) is 0 Å². The maximum atomic E-state index is 14.0. The van der Waals surface area contributed by atoms with Gasteiger partial charge in [0.15, 0.2) is 0 Å². The summed E-state index contributed by atoms with van der Waals surface area (Å²) in [6.07, 6.45) is 0. The Balaban J connectivity index is 1.98. The summed E-state index contributed by atoms with van der Waals surface area (Å²) >= 11 is 0. The first kappa shape index (κ1) is 18.7. The molecule has 0 saturated carbocycles. The molecule has 0 atom stereocenters. The van der Waals surface area contributed by atoms with Crippen LogP contribution in [0.15, 0.2) is 72.8 Å². The minimum atomic E-state index is -0.310. The molecule has 1 heterocycles. The van der Waals surface area contributed by atoms with Gasteiger partial charge in [-0.3, -0.25) is 0 Å². The minimum Gasteiger partial charge on any atom is -0.497 e. The van der Waals surface area contributed by atoms with E-state index < -0.39 is 0 Å². The lowest BCUT2D eigenvalue weighted by molar-refractivity contribution is 0.415. The van der Waals surface area contributed by atoms with Crippen LogP contribution in [0.5, 0.6) is 11.5 Å². The van der Waals surface area contributed by atoms with Gasteiger partial charge >= 0.3 is 0 Å². The summed E-state index contributed by atoms with van der Waals surface area (Å²) in [6, 6.07) is 22.0. The van der Waals surface area contributed by atoms with Crippen molar-refractivity contribution in [1.82, 2.24) is 9.78 Å². The molecule has 0 N–H and O–H groups in total. The van der Waals surface area contributed by atoms with Gasteiger partial charge in [0.2, 0.25) is 0 Å². The summed E-state index contributed by atoms with van der Waals surface area (Å²) in [6.45, 7) is 2.02. The van der Waals surface area contributed by atoms with E-state index in [0.29, 0.717) is 5.69 Å². The van der Waals surface area contributed by atoms with E-state index in [1.807, 2.05) is 61.5 Å². The molecule has 0 unspecified atom stereocenters. The lowest BCUT2D eigenvalue weighted by Gasteiger charge is -2.10. The minimum absolute atomic E-state index is 0.310. The van der Waals surface area contributed by atoms with Gasteiger partial charge < -0.3 is 9.47 Å². The maximum absolute atomic E-state index is 14.0. The lowest BCUT2D eigenvalue weighted by atomic mass is 10.0. The van der Waals surface area contributed by atoms with Crippen LogP contribution in [0.1, 0.15) is 5.56 Å². The van der Waals surface area contributed by atoms with Gasteiger partial charge in [0, 0.05) is 16.7 Å². The van der Waals surface area contributed by atoms with E-state index in [2.05, 4.69) is 0 Å². The summed E-state index contributed by atoms with van der Waals surface area (Å²) in [4.78, 5) is 0. The molecular weight excluding hydrogens is 367 g/mol. The number of aromatic nitrogens is 2. The second kappa shape index (κ2) is 7.80. The standard InChI is InChI=1S/C24H21FN2O2/c1-16-23(17-7-4-11-21(13-17)28-2)26-27(20-10-6-9-19(25)15-20)24(16)18-8-5-12-22(14-18)29-3/h4-15H,1-3H3. The third-order valence-electron chi connectivity index (χ3n) is 4.86. The molecule has 146 valence electrons. The van der Waals surface area contributed by atoms with Gasteiger partial charge in [0.1, 0.15) is 17.3 Å². The Morgan fingerprint density at radius 2 is 1.41 bits per heavy atom. The molecule has 0 spiro atoms. The molecule has 0 aliphatic heterocycles. The van der Waals surface area contributed by atoms with Crippen LogP contribution < -0.4 is 9.47 Å². The smallest absolute Gasteiger partial charge is 0.125 e. The Kier molecular flexibility index (Phi) is 5.04. The topological polar surface area (TPSA) is 36.3 Å². The first-order valence-electron chi connectivity index (χ1n) is 9.25. The highest BCUT2D eigenvalue weighted by Crippen LogP contribution is 2.35. The zero-order chi connectivity index (χ0) is 20.4. The quantitative estimate of drug-likeness (QED) is 0.442. The number of methoxy groups -OCH3 is 2. The zero-order valence-electron chi connectivity index (χ0n) is 16.5. The van der Waals surface area contributed by atoms with Gasteiger partial charge in [0.25, 0.3) is 0 Å². The second-order valence-corrected chi connectivity index (χ2v) is 6.68. The number of halogens is 1. The molecular formula is C24H21FN2O2. The van der Waals surface area contributed by atoms with Gasteiger partial charge in [0.05, 0.1) is 31.3 Å². The van der Waals surface area contributed by atoms with E-state index in [4.69, 9.17) is 14.6 Å². The van der Waals surface area contributed by atoms with E-state index in [1.54, 1.807) is 25.0 Å². The van der Waals surface area contributed by atoms with Crippen LogP contribution in [-0.4, -0.2) is 24.0 Å². The molecule has 3 aromatic carbocycles. The molecule has 4 aromatic rings. The normalized spacial score (nSPS) is 10.8. The molecule has 0 saturated heterocycles. The summed E-state index contributed by atoms with van der Waals surface area (Å²) in [5.74, 6) is 1.19. The summed E-state index contributed by atoms with van der Waals surface area (Å²) < 4.78 is 26.5. The third-order valence-corrected chi connectivity index (χ3v) is 4.86. The van der Waals surface area contributed by atoms with Gasteiger partial charge in [-0.25, -0.2) is 9.07 Å². The first-order chi connectivity index (χ1) is 14.1. The van der Waals surface area contributed by atoms with E-state index >= 15 is 0 Å². The van der Waals surface area contributed by atoms with Crippen LogP contribution in [0.4, 0.5) is 4.39 Å². The first-order valence-corrected chi connectivity index (χ1v) is 9.25. The molecule has 29 heavy (non-hydrogen) atoms. The Labute approximate surface area is 169 Å². The average Bonchev–Trinajstić information content (AvgIpc) is 3.11. The fourth-order valence-corrected chi connectivity index (χ4v) is 3.44. The average molecular weight is 388 g/mol. The molecule has 0 fully saturated rings. The molecule has 0 radical (unpaired) electrons. The van der Waals surface area contributed by atoms with E-state index in [-0.39, 0.29) is 5.82 Å². The van der Waals surface area contributed by atoms with Gasteiger partial charge in [-0.2, -0.15) is 5.10 Å². The maximum Gasteiger partial charge on any atom is 0.125 e. The Morgan fingerprint density at radius 1 is 0.793 bits per heavy atom. The van der Waals surface area contributed by atoms with E-state index in [9.17, 15) is 4.39 Å².